The van der Waals surface area contributed by atoms with Crippen LogP contribution in [-0.4, -0.2) is 24.0 Å². The van der Waals surface area contributed by atoms with Crippen molar-refractivity contribution in [2.75, 3.05) is 11.9 Å². The van der Waals surface area contributed by atoms with Crippen LogP contribution in [0.3, 0.4) is 0 Å². The smallest absolute Gasteiger partial charge is 0.315 e. The average molecular weight is 213 g/mol. The van der Waals surface area contributed by atoms with Crippen molar-refractivity contribution < 1.29 is 14.3 Å². The van der Waals surface area contributed by atoms with Gasteiger partial charge in [-0.2, -0.15) is 0 Å². The molecular formula is C8H9N2O3S. The van der Waals surface area contributed by atoms with E-state index in [4.69, 9.17) is 4.74 Å². The van der Waals surface area contributed by atoms with Crippen LogP contribution in [0.2, 0.25) is 0 Å². The van der Waals surface area contributed by atoms with Crippen LogP contribution in [0.5, 0.6) is 0 Å². The van der Waals surface area contributed by atoms with E-state index in [-0.39, 0.29) is 12.4 Å². The number of nitrogens with one attached hydrogen (secondary N) is 1. The van der Waals surface area contributed by atoms with Crippen molar-refractivity contribution in [2.24, 2.45) is 0 Å². The number of anilines is 1. The lowest BCUT2D eigenvalue weighted by Crippen LogP contribution is -2.07. The van der Waals surface area contributed by atoms with Crippen LogP contribution < -0.4 is 5.32 Å². The number of ether oxygens (including phenoxy) is 1. The Morgan fingerprint density at radius 2 is 2.57 bits per heavy atom. The van der Waals surface area contributed by atoms with E-state index >= 15 is 0 Å². The molecule has 0 saturated heterocycles. The first-order valence-corrected chi connectivity index (χ1v) is 4.87. The molecule has 0 fully saturated rings. The fourth-order valence-corrected chi connectivity index (χ4v) is 1.50. The molecule has 1 heterocycles. The first-order valence-electron chi connectivity index (χ1n) is 3.99. The molecule has 1 aromatic rings. The molecule has 1 aromatic heterocycles. The largest absolute Gasteiger partial charge is 0.466 e. The quantitative estimate of drug-likeness (QED) is 0.578. The van der Waals surface area contributed by atoms with Crippen molar-refractivity contribution >= 4 is 28.8 Å². The SMILES string of the molecule is CCOC(=O)Cc1csc(N[C]=O)n1. The van der Waals surface area contributed by atoms with E-state index in [1.165, 1.54) is 17.7 Å². The number of hydrogen-bond acceptors (Lipinski definition) is 5. The lowest BCUT2D eigenvalue weighted by atomic mass is 10.3. The molecule has 1 amide bonds. The Bertz CT molecular complexity index is 324. The van der Waals surface area contributed by atoms with Crippen LogP contribution in [0.15, 0.2) is 5.38 Å². The van der Waals surface area contributed by atoms with E-state index in [9.17, 15) is 9.59 Å². The van der Waals surface area contributed by atoms with Gasteiger partial charge >= 0.3 is 12.4 Å². The Balaban J connectivity index is 2.50. The third-order valence-electron chi connectivity index (χ3n) is 1.34. The summed E-state index contributed by atoms with van der Waals surface area (Å²) < 4.78 is 4.74. The number of carbonyl (C=O) groups excluding carboxylic acids is 2. The van der Waals surface area contributed by atoms with E-state index in [0.717, 1.165) is 0 Å². The van der Waals surface area contributed by atoms with Crippen molar-refractivity contribution in [2.45, 2.75) is 13.3 Å². The molecule has 0 spiro atoms. The fraction of sp³-hybridized carbons (Fsp3) is 0.375. The molecule has 0 unspecified atom stereocenters. The molecule has 0 aliphatic heterocycles. The number of amides is 1. The number of nitrogens with zero attached hydrogens (tertiary/aromatic N) is 1. The van der Waals surface area contributed by atoms with Gasteiger partial charge in [-0.3, -0.25) is 14.9 Å². The zero-order chi connectivity index (χ0) is 10.4. The monoisotopic (exact) mass is 213 g/mol. The molecule has 75 valence electrons. The third kappa shape index (κ3) is 3.14. The van der Waals surface area contributed by atoms with Crippen LogP contribution in [-0.2, 0) is 20.7 Å². The molecule has 1 rings (SSSR count). The lowest BCUT2D eigenvalue weighted by Gasteiger charge is -1.97. The molecule has 0 atom stereocenters. The van der Waals surface area contributed by atoms with Gasteiger partial charge < -0.3 is 4.74 Å². The topological polar surface area (TPSA) is 68.3 Å². The van der Waals surface area contributed by atoms with Crippen LogP contribution in [0, 0.1) is 0 Å². The van der Waals surface area contributed by atoms with Crippen LogP contribution in [0.4, 0.5) is 5.13 Å². The number of aromatic nitrogens is 1. The van der Waals surface area contributed by atoms with Crippen molar-refractivity contribution in [1.29, 1.82) is 0 Å². The highest BCUT2D eigenvalue weighted by Crippen LogP contribution is 2.14. The molecule has 0 saturated carbocycles. The Morgan fingerprint density at radius 1 is 1.79 bits per heavy atom. The third-order valence-corrected chi connectivity index (χ3v) is 2.15. The summed E-state index contributed by atoms with van der Waals surface area (Å²) in [5, 5.41) is 4.40. The molecule has 0 aromatic carbocycles. The van der Waals surface area contributed by atoms with Gasteiger partial charge in [-0.1, -0.05) is 0 Å². The minimum absolute atomic E-state index is 0.130. The summed E-state index contributed by atoms with van der Waals surface area (Å²) in [5.74, 6) is -0.320. The van der Waals surface area contributed by atoms with Crippen molar-refractivity contribution in [3.8, 4) is 0 Å². The summed E-state index contributed by atoms with van der Waals surface area (Å²) in [6, 6.07) is 0. The molecule has 5 nitrogen and oxygen atoms in total. The zero-order valence-electron chi connectivity index (χ0n) is 7.57. The Labute approximate surface area is 85.1 Å². The molecule has 1 N–H and O–H groups in total. The van der Waals surface area contributed by atoms with Gasteiger partial charge in [0, 0.05) is 5.38 Å². The predicted molar refractivity (Wildman–Crippen MR) is 51.8 cm³/mol. The molecular weight excluding hydrogens is 204 g/mol. The van der Waals surface area contributed by atoms with Gasteiger partial charge in [-0.25, -0.2) is 4.98 Å². The minimum Gasteiger partial charge on any atom is -0.466 e. The summed E-state index contributed by atoms with van der Waals surface area (Å²) in [6.07, 6.45) is 1.64. The highest BCUT2D eigenvalue weighted by Gasteiger charge is 2.07. The van der Waals surface area contributed by atoms with Crippen molar-refractivity contribution in [1.82, 2.24) is 4.98 Å². The van der Waals surface area contributed by atoms with Crippen molar-refractivity contribution in [3.05, 3.63) is 11.1 Å². The van der Waals surface area contributed by atoms with Gasteiger partial charge in [0.2, 0.25) is 0 Å². The normalized spacial score (nSPS) is 9.50. The Kier molecular flexibility index (Phi) is 4.06. The molecule has 0 bridgehead atoms. The minimum atomic E-state index is -0.320. The standard InChI is InChI=1S/C8H9N2O3S/c1-2-13-7(12)3-6-4-14-8(10-6)9-5-11/h4H,2-3H2,1H3,(H,9,10,11). The molecule has 14 heavy (non-hydrogen) atoms. The number of carbonyl (C=O) groups is 1. The van der Waals surface area contributed by atoms with E-state index in [1.54, 1.807) is 12.3 Å². The van der Waals surface area contributed by atoms with Gasteiger partial charge in [0.1, 0.15) is 0 Å². The maximum atomic E-state index is 11.0. The maximum absolute atomic E-state index is 11.0. The van der Waals surface area contributed by atoms with E-state index in [0.29, 0.717) is 17.4 Å². The fourth-order valence-electron chi connectivity index (χ4n) is 0.849. The summed E-state index contributed by atoms with van der Waals surface area (Å²) >= 11 is 1.24. The first-order chi connectivity index (χ1) is 6.76. The Morgan fingerprint density at radius 3 is 3.21 bits per heavy atom. The van der Waals surface area contributed by atoms with Crippen molar-refractivity contribution in [3.63, 3.8) is 0 Å². The van der Waals surface area contributed by atoms with Gasteiger partial charge in [0.25, 0.3) is 0 Å². The second kappa shape index (κ2) is 5.33. The number of thiazole rings is 1. The van der Waals surface area contributed by atoms with E-state index in [2.05, 4.69) is 10.3 Å². The second-order valence-corrected chi connectivity index (χ2v) is 3.21. The molecule has 0 aliphatic rings. The van der Waals surface area contributed by atoms with E-state index < -0.39 is 0 Å². The van der Waals surface area contributed by atoms with Crippen LogP contribution in [0.25, 0.3) is 0 Å². The average Bonchev–Trinajstić information content (AvgIpc) is 2.53. The zero-order valence-corrected chi connectivity index (χ0v) is 8.39. The summed E-state index contributed by atoms with van der Waals surface area (Å²) in [5.41, 5.74) is 0.589. The summed E-state index contributed by atoms with van der Waals surface area (Å²) in [7, 11) is 0. The maximum Gasteiger partial charge on any atom is 0.315 e. The predicted octanol–water partition coefficient (Wildman–Crippen LogP) is 0.728. The molecule has 0 aliphatic carbocycles. The Hall–Kier alpha value is -1.43. The number of hydrogen-bond donors (Lipinski definition) is 1. The van der Waals surface area contributed by atoms with Gasteiger partial charge in [-0.05, 0) is 6.92 Å². The number of rotatable bonds is 5. The van der Waals surface area contributed by atoms with E-state index in [1.807, 2.05) is 0 Å². The van der Waals surface area contributed by atoms with Gasteiger partial charge in [0.05, 0.1) is 18.7 Å². The summed E-state index contributed by atoms with van der Waals surface area (Å²) in [6.45, 7) is 2.10. The molecule has 6 heteroatoms. The highest BCUT2D eigenvalue weighted by atomic mass is 32.1. The highest BCUT2D eigenvalue weighted by molar-refractivity contribution is 7.13. The van der Waals surface area contributed by atoms with Gasteiger partial charge in [0.15, 0.2) is 5.13 Å². The van der Waals surface area contributed by atoms with Crippen LogP contribution in [0.1, 0.15) is 12.6 Å². The first kappa shape index (κ1) is 10.6. The second-order valence-electron chi connectivity index (χ2n) is 2.35. The lowest BCUT2D eigenvalue weighted by molar-refractivity contribution is -0.142. The van der Waals surface area contributed by atoms with Gasteiger partial charge in [-0.15, -0.1) is 11.3 Å². The molecule has 1 radical (unpaired) electrons. The number of esters is 1. The summed E-state index contributed by atoms with van der Waals surface area (Å²) in [4.78, 5) is 24.9. The van der Waals surface area contributed by atoms with Crippen LogP contribution >= 0.6 is 11.3 Å².